The maximum atomic E-state index is 13.0. The number of ether oxygens (including phenoxy) is 2. The first-order valence-corrected chi connectivity index (χ1v) is 11.5. The van der Waals surface area contributed by atoms with E-state index in [2.05, 4.69) is 10.0 Å². The number of hydrogen-bond acceptors (Lipinski definition) is 5. The van der Waals surface area contributed by atoms with Crippen LogP contribution in [-0.4, -0.2) is 52.5 Å². The van der Waals surface area contributed by atoms with Crippen molar-refractivity contribution in [1.82, 2.24) is 9.03 Å². The van der Waals surface area contributed by atoms with E-state index < -0.39 is 22.2 Å². The van der Waals surface area contributed by atoms with E-state index >= 15 is 0 Å². The van der Waals surface area contributed by atoms with Crippen molar-refractivity contribution < 1.29 is 22.7 Å². The van der Waals surface area contributed by atoms with E-state index in [0.29, 0.717) is 23.8 Å². The number of rotatable bonds is 10. The zero-order valence-corrected chi connectivity index (χ0v) is 19.6. The smallest absolute Gasteiger partial charge is 0.279 e. The SMILES string of the molecule is CCOc1ccc(-c2ccccc2NC(=O)[C@@H](NS(=O)(=O)N(C)C)C(C)C)cc1OC. The van der Waals surface area contributed by atoms with E-state index in [1.807, 2.05) is 37.3 Å². The highest BCUT2D eigenvalue weighted by molar-refractivity contribution is 7.87. The number of benzene rings is 2. The molecule has 1 atom stereocenters. The molecule has 31 heavy (non-hydrogen) atoms. The van der Waals surface area contributed by atoms with Crippen LogP contribution in [0.3, 0.4) is 0 Å². The van der Waals surface area contributed by atoms with Crippen molar-refractivity contribution in [3.63, 3.8) is 0 Å². The Morgan fingerprint density at radius 1 is 1.10 bits per heavy atom. The van der Waals surface area contributed by atoms with Crippen LogP contribution in [0, 0.1) is 5.92 Å². The van der Waals surface area contributed by atoms with Gasteiger partial charge in [0.2, 0.25) is 5.91 Å². The molecule has 9 heteroatoms. The van der Waals surface area contributed by atoms with Gasteiger partial charge in [0.25, 0.3) is 10.2 Å². The Hall–Kier alpha value is -2.62. The Morgan fingerprint density at radius 3 is 2.35 bits per heavy atom. The van der Waals surface area contributed by atoms with E-state index in [4.69, 9.17) is 9.47 Å². The van der Waals surface area contributed by atoms with Crippen molar-refractivity contribution in [3.8, 4) is 22.6 Å². The maximum Gasteiger partial charge on any atom is 0.279 e. The van der Waals surface area contributed by atoms with Gasteiger partial charge >= 0.3 is 0 Å². The number of para-hydroxylation sites is 1. The minimum Gasteiger partial charge on any atom is -0.493 e. The summed E-state index contributed by atoms with van der Waals surface area (Å²) in [5.74, 6) is 0.519. The number of nitrogens with one attached hydrogen (secondary N) is 2. The van der Waals surface area contributed by atoms with E-state index in [-0.39, 0.29) is 5.92 Å². The molecule has 1 amide bonds. The quantitative estimate of drug-likeness (QED) is 0.581. The van der Waals surface area contributed by atoms with E-state index in [1.54, 1.807) is 33.1 Å². The third kappa shape index (κ3) is 6.19. The molecular weight excluding hydrogens is 418 g/mol. The van der Waals surface area contributed by atoms with Crippen LogP contribution < -0.4 is 19.5 Å². The number of hydrogen-bond donors (Lipinski definition) is 2. The Kier molecular flexibility index (Phi) is 8.43. The highest BCUT2D eigenvalue weighted by Crippen LogP contribution is 2.35. The lowest BCUT2D eigenvalue weighted by atomic mass is 10.0. The molecule has 0 heterocycles. The fraction of sp³-hybridized carbons (Fsp3) is 0.409. The van der Waals surface area contributed by atoms with Gasteiger partial charge in [-0.3, -0.25) is 4.79 Å². The molecule has 0 aliphatic carbocycles. The second kappa shape index (κ2) is 10.6. The van der Waals surface area contributed by atoms with Crippen molar-refractivity contribution in [2.45, 2.75) is 26.8 Å². The van der Waals surface area contributed by atoms with Crippen molar-refractivity contribution in [1.29, 1.82) is 0 Å². The molecule has 2 N–H and O–H groups in total. The van der Waals surface area contributed by atoms with E-state index in [1.165, 1.54) is 14.1 Å². The van der Waals surface area contributed by atoms with Gasteiger partial charge < -0.3 is 14.8 Å². The summed E-state index contributed by atoms with van der Waals surface area (Å²) >= 11 is 0. The predicted octanol–water partition coefficient (Wildman–Crippen LogP) is 3.12. The minimum absolute atomic E-state index is 0.257. The summed E-state index contributed by atoms with van der Waals surface area (Å²) < 4.78 is 39.0. The lowest BCUT2D eigenvalue weighted by molar-refractivity contribution is -0.118. The molecule has 0 saturated carbocycles. The summed E-state index contributed by atoms with van der Waals surface area (Å²) in [5.41, 5.74) is 2.16. The van der Waals surface area contributed by atoms with Crippen LogP contribution in [0.4, 0.5) is 5.69 Å². The Labute approximate surface area is 184 Å². The van der Waals surface area contributed by atoms with Gasteiger partial charge in [-0.05, 0) is 36.6 Å². The molecule has 170 valence electrons. The molecule has 0 aliphatic rings. The normalized spacial score (nSPS) is 12.6. The van der Waals surface area contributed by atoms with Crippen LogP contribution in [0.5, 0.6) is 11.5 Å². The fourth-order valence-corrected chi connectivity index (χ4v) is 3.83. The molecular formula is C22H31N3O5S. The van der Waals surface area contributed by atoms with Crippen LogP contribution >= 0.6 is 0 Å². The van der Waals surface area contributed by atoms with Crippen molar-refractivity contribution in [3.05, 3.63) is 42.5 Å². The summed E-state index contributed by atoms with van der Waals surface area (Å²) in [7, 11) is 0.618. The van der Waals surface area contributed by atoms with Gasteiger partial charge in [-0.15, -0.1) is 0 Å². The molecule has 8 nitrogen and oxygen atoms in total. The van der Waals surface area contributed by atoms with Crippen molar-refractivity contribution in [2.24, 2.45) is 5.92 Å². The third-order valence-corrected chi connectivity index (χ3v) is 6.18. The van der Waals surface area contributed by atoms with Gasteiger partial charge in [-0.25, -0.2) is 0 Å². The third-order valence-electron chi connectivity index (χ3n) is 4.67. The Balaban J connectivity index is 2.36. The molecule has 0 radical (unpaired) electrons. The van der Waals surface area contributed by atoms with Gasteiger partial charge in [0.15, 0.2) is 11.5 Å². The summed E-state index contributed by atoms with van der Waals surface area (Å²) in [6, 6.07) is 11.9. The topological polar surface area (TPSA) is 97.0 Å². The fourth-order valence-electron chi connectivity index (χ4n) is 2.92. The number of methoxy groups -OCH3 is 1. The van der Waals surface area contributed by atoms with Crippen LogP contribution in [0.25, 0.3) is 11.1 Å². The number of nitrogens with zero attached hydrogens (tertiary/aromatic N) is 1. The maximum absolute atomic E-state index is 13.0. The van der Waals surface area contributed by atoms with Crippen LogP contribution in [0.15, 0.2) is 42.5 Å². The van der Waals surface area contributed by atoms with Gasteiger partial charge in [-0.2, -0.15) is 17.4 Å². The molecule has 2 aromatic carbocycles. The number of anilines is 1. The summed E-state index contributed by atoms with van der Waals surface area (Å²) in [4.78, 5) is 13.0. The first-order valence-electron chi connectivity index (χ1n) is 10.0. The molecule has 0 aromatic heterocycles. The number of carbonyl (C=O) groups excluding carboxylic acids is 1. The van der Waals surface area contributed by atoms with Crippen LogP contribution in [-0.2, 0) is 15.0 Å². The van der Waals surface area contributed by atoms with Crippen LogP contribution in [0.1, 0.15) is 20.8 Å². The molecule has 0 unspecified atom stereocenters. The van der Waals surface area contributed by atoms with Gasteiger partial charge in [0, 0.05) is 25.3 Å². The van der Waals surface area contributed by atoms with Crippen molar-refractivity contribution >= 4 is 21.8 Å². The average Bonchev–Trinajstić information content (AvgIpc) is 2.72. The van der Waals surface area contributed by atoms with Gasteiger partial charge in [0.1, 0.15) is 6.04 Å². The molecule has 2 rings (SSSR count). The average molecular weight is 450 g/mol. The summed E-state index contributed by atoms with van der Waals surface area (Å²) in [6.07, 6.45) is 0. The second-order valence-corrected chi connectivity index (χ2v) is 9.38. The lowest BCUT2D eigenvalue weighted by Gasteiger charge is -2.24. The monoisotopic (exact) mass is 449 g/mol. The van der Waals surface area contributed by atoms with E-state index in [0.717, 1.165) is 15.4 Å². The Morgan fingerprint density at radius 2 is 1.77 bits per heavy atom. The molecule has 0 bridgehead atoms. The molecule has 0 saturated heterocycles. The number of carbonyl (C=O) groups is 1. The largest absolute Gasteiger partial charge is 0.493 e. The molecule has 2 aromatic rings. The zero-order valence-electron chi connectivity index (χ0n) is 18.8. The zero-order chi connectivity index (χ0) is 23.2. The standard InChI is InChI=1S/C22H31N3O5S/c1-7-30-19-13-12-16(14-20(19)29-6)17-10-8-9-11-18(17)23-22(26)21(15(2)3)24-31(27,28)25(4)5/h8-15,21,24H,7H2,1-6H3,(H,23,26)/t21-/m0/s1. The predicted molar refractivity (Wildman–Crippen MR) is 123 cm³/mol. The highest BCUT2D eigenvalue weighted by Gasteiger charge is 2.29. The lowest BCUT2D eigenvalue weighted by Crippen LogP contribution is -2.50. The molecule has 0 spiro atoms. The first-order chi connectivity index (χ1) is 14.6. The first kappa shape index (κ1) is 24.6. The van der Waals surface area contributed by atoms with Gasteiger partial charge in [-0.1, -0.05) is 38.1 Å². The summed E-state index contributed by atoms with van der Waals surface area (Å²) in [5, 5.41) is 2.87. The second-order valence-electron chi connectivity index (χ2n) is 7.46. The number of amides is 1. The van der Waals surface area contributed by atoms with Crippen molar-refractivity contribution in [2.75, 3.05) is 33.1 Å². The van der Waals surface area contributed by atoms with E-state index in [9.17, 15) is 13.2 Å². The Bertz CT molecular complexity index is 1010. The highest BCUT2D eigenvalue weighted by atomic mass is 32.2. The van der Waals surface area contributed by atoms with Crippen LogP contribution in [0.2, 0.25) is 0 Å². The summed E-state index contributed by atoms with van der Waals surface area (Å²) in [6.45, 7) is 5.98. The molecule has 0 fully saturated rings. The minimum atomic E-state index is -3.77. The van der Waals surface area contributed by atoms with Gasteiger partial charge in [0.05, 0.1) is 13.7 Å². The molecule has 0 aliphatic heterocycles.